The van der Waals surface area contributed by atoms with Gasteiger partial charge in [-0.3, -0.25) is 4.79 Å². The predicted molar refractivity (Wildman–Crippen MR) is 65.9 cm³/mol. The number of nitrogens with one attached hydrogen (secondary N) is 1. The molecule has 0 unspecified atom stereocenters. The van der Waals surface area contributed by atoms with E-state index in [0.717, 1.165) is 12.0 Å². The van der Waals surface area contributed by atoms with Gasteiger partial charge in [-0.2, -0.15) is 0 Å². The van der Waals surface area contributed by atoms with Crippen LogP contribution in [0.15, 0.2) is 30.3 Å². The average molecular weight is 220 g/mol. The maximum Gasteiger partial charge on any atom is 0.222 e. The van der Waals surface area contributed by atoms with Crippen molar-refractivity contribution in [1.82, 2.24) is 5.32 Å². The number of rotatable bonds is 5. The fourth-order valence-electron chi connectivity index (χ4n) is 1.45. The average Bonchev–Trinajstić information content (AvgIpc) is 2.29. The van der Waals surface area contributed by atoms with Crippen LogP contribution in [0, 0.1) is 0 Å². The second-order valence-electron chi connectivity index (χ2n) is 4.10. The van der Waals surface area contributed by atoms with Gasteiger partial charge in [0.25, 0.3) is 0 Å². The molecule has 0 heterocycles. The van der Waals surface area contributed by atoms with E-state index >= 15 is 0 Å². The molecule has 0 radical (unpaired) electrons. The third-order valence-electron chi connectivity index (χ3n) is 2.65. The quantitative estimate of drug-likeness (QED) is 0.797. The molecule has 1 aromatic rings. The summed E-state index contributed by atoms with van der Waals surface area (Å²) in [5.41, 5.74) is 6.95. The van der Waals surface area contributed by atoms with Gasteiger partial charge in [0.2, 0.25) is 5.91 Å². The minimum Gasteiger partial charge on any atom is -0.354 e. The van der Waals surface area contributed by atoms with Crippen molar-refractivity contribution in [3.05, 3.63) is 35.9 Å². The van der Waals surface area contributed by atoms with Crippen LogP contribution < -0.4 is 11.1 Å². The fraction of sp³-hybridized carbons (Fsp3) is 0.462. The van der Waals surface area contributed by atoms with Gasteiger partial charge in [0.1, 0.15) is 0 Å². The molecule has 0 bridgehead atoms. The third-order valence-corrected chi connectivity index (χ3v) is 2.65. The largest absolute Gasteiger partial charge is 0.354 e. The molecule has 0 aliphatic heterocycles. The minimum atomic E-state index is -0.217. The Bertz CT molecular complexity index is 324. The lowest BCUT2D eigenvalue weighted by atomic mass is 10.0. The van der Waals surface area contributed by atoms with Crippen molar-refractivity contribution < 1.29 is 4.79 Å². The summed E-state index contributed by atoms with van der Waals surface area (Å²) in [5, 5.41) is 2.91. The summed E-state index contributed by atoms with van der Waals surface area (Å²) in [6.07, 6.45) is 1.28. The number of amides is 1. The second-order valence-corrected chi connectivity index (χ2v) is 4.10. The summed E-state index contributed by atoms with van der Waals surface area (Å²) in [6, 6.07) is 9.70. The van der Waals surface area contributed by atoms with E-state index in [1.807, 2.05) is 44.2 Å². The van der Waals surface area contributed by atoms with Crippen LogP contribution in [0.3, 0.4) is 0 Å². The summed E-state index contributed by atoms with van der Waals surface area (Å²) in [5.74, 6) is 0.0192. The molecule has 0 aromatic heterocycles. The molecular formula is C13H20N2O. The van der Waals surface area contributed by atoms with Gasteiger partial charge in [0.05, 0.1) is 0 Å². The molecule has 3 N–H and O–H groups in total. The van der Waals surface area contributed by atoms with Crippen molar-refractivity contribution in [2.24, 2.45) is 5.73 Å². The first-order valence-corrected chi connectivity index (χ1v) is 5.73. The van der Waals surface area contributed by atoms with Crippen molar-refractivity contribution in [1.29, 1.82) is 0 Å². The normalized spacial score (nSPS) is 14.2. The van der Waals surface area contributed by atoms with E-state index in [0.29, 0.717) is 6.42 Å². The van der Waals surface area contributed by atoms with Crippen LogP contribution in [0.2, 0.25) is 0 Å². The van der Waals surface area contributed by atoms with Crippen LogP contribution >= 0.6 is 0 Å². The summed E-state index contributed by atoms with van der Waals surface area (Å²) in [7, 11) is 0. The predicted octanol–water partition coefficient (Wildman–Crippen LogP) is 1.99. The Balaban J connectivity index is 2.46. The molecule has 0 saturated carbocycles. The van der Waals surface area contributed by atoms with E-state index < -0.39 is 0 Å². The fourth-order valence-corrected chi connectivity index (χ4v) is 1.45. The molecule has 0 aliphatic carbocycles. The lowest BCUT2D eigenvalue weighted by molar-refractivity contribution is -0.122. The first kappa shape index (κ1) is 12.7. The summed E-state index contributed by atoms with van der Waals surface area (Å²) in [4.78, 5) is 11.6. The monoisotopic (exact) mass is 220 g/mol. The highest BCUT2D eigenvalue weighted by atomic mass is 16.1. The van der Waals surface area contributed by atoms with E-state index in [-0.39, 0.29) is 18.0 Å². The molecule has 0 fully saturated rings. The maximum absolute atomic E-state index is 11.6. The lowest BCUT2D eigenvalue weighted by Gasteiger charge is -2.15. The van der Waals surface area contributed by atoms with E-state index in [1.54, 1.807) is 0 Å². The number of carbonyl (C=O) groups is 1. The Hall–Kier alpha value is -1.35. The first-order chi connectivity index (χ1) is 7.63. The van der Waals surface area contributed by atoms with E-state index in [1.165, 1.54) is 0 Å². The Labute approximate surface area is 97.0 Å². The van der Waals surface area contributed by atoms with Gasteiger partial charge in [-0.15, -0.1) is 0 Å². The maximum atomic E-state index is 11.6. The number of hydrogen-bond acceptors (Lipinski definition) is 2. The van der Waals surface area contributed by atoms with Gasteiger partial charge in [-0.25, -0.2) is 0 Å². The SMILES string of the molecule is CC[C@H](C)NC(=O)C[C@H](N)c1ccccc1. The number of carbonyl (C=O) groups excluding carboxylic acids is 1. The van der Waals surface area contributed by atoms with Gasteiger partial charge < -0.3 is 11.1 Å². The van der Waals surface area contributed by atoms with E-state index in [2.05, 4.69) is 5.32 Å². The Kier molecular flexibility index (Phi) is 4.99. The topological polar surface area (TPSA) is 55.1 Å². The Morgan fingerprint density at radius 2 is 2.00 bits per heavy atom. The van der Waals surface area contributed by atoms with E-state index in [9.17, 15) is 4.79 Å². The van der Waals surface area contributed by atoms with Gasteiger partial charge >= 0.3 is 0 Å². The van der Waals surface area contributed by atoms with Crippen LogP contribution in [0.4, 0.5) is 0 Å². The molecule has 3 heteroatoms. The summed E-state index contributed by atoms with van der Waals surface area (Å²) >= 11 is 0. The van der Waals surface area contributed by atoms with E-state index in [4.69, 9.17) is 5.73 Å². The van der Waals surface area contributed by atoms with Crippen molar-refractivity contribution >= 4 is 5.91 Å². The Morgan fingerprint density at radius 3 is 2.56 bits per heavy atom. The van der Waals surface area contributed by atoms with Gasteiger partial charge in [0.15, 0.2) is 0 Å². The van der Waals surface area contributed by atoms with Crippen LogP contribution in [0.1, 0.15) is 38.3 Å². The highest BCUT2D eigenvalue weighted by molar-refractivity contribution is 5.77. The van der Waals surface area contributed by atoms with Crippen molar-refractivity contribution in [3.63, 3.8) is 0 Å². The smallest absolute Gasteiger partial charge is 0.222 e. The van der Waals surface area contributed by atoms with Crippen molar-refractivity contribution in [2.75, 3.05) is 0 Å². The van der Waals surface area contributed by atoms with Crippen LogP contribution in [-0.4, -0.2) is 11.9 Å². The summed E-state index contributed by atoms with van der Waals surface area (Å²) in [6.45, 7) is 4.04. The van der Waals surface area contributed by atoms with Crippen LogP contribution in [0.25, 0.3) is 0 Å². The van der Waals surface area contributed by atoms with Gasteiger partial charge in [0, 0.05) is 18.5 Å². The first-order valence-electron chi connectivity index (χ1n) is 5.73. The molecule has 0 spiro atoms. The lowest BCUT2D eigenvalue weighted by Crippen LogP contribution is -2.34. The molecule has 0 saturated heterocycles. The zero-order valence-corrected chi connectivity index (χ0v) is 9.94. The molecule has 1 aromatic carbocycles. The molecular weight excluding hydrogens is 200 g/mol. The second kappa shape index (κ2) is 6.28. The van der Waals surface area contributed by atoms with Crippen LogP contribution in [0.5, 0.6) is 0 Å². The van der Waals surface area contributed by atoms with Gasteiger partial charge in [-0.1, -0.05) is 37.3 Å². The molecule has 16 heavy (non-hydrogen) atoms. The minimum absolute atomic E-state index is 0.0192. The number of hydrogen-bond donors (Lipinski definition) is 2. The van der Waals surface area contributed by atoms with Crippen molar-refractivity contribution in [3.8, 4) is 0 Å². The summed E-state index contributed by atoms with van der Waals surface area (Å²) < 4.78 is 0. The molecule has 1 amide bonds. The van der Waals surface area contributed by atoms with Gasteiger partial charge in [-0.05, 0) is 18.9 Å². The number of benzene rings is 1. The molecule has 2 atom stereocenters. The molecule has 1 rings (SSSR count). The van der Waals surface area contributed by atoms with Crippen molar-refractivity contribution in [2.45, 2.75) is 38.8 Å². The highest BCUT2D eigenvalue weighted by Gasteiger charge is 2.12. The number of nitrogens with two attached hydrogens (primary N) is 1. The zero-order valence-electron chi connectivity index (χ0n) is 9.94. The third kappa shape index (κ3) is 4.03. The van der Waals surface area contributed by atoms with Crippen LogP contribution in [-0.2, 0) is 4.79 Å². The molecule has 0 aliphatic rings. The Morgan fingerprint density at radius 1 is 1.38 bits per heavy atom. The molecule has 88 valence electrons. The highest BCUT2D eigenvalue weighted by Crippen LogP contribution is 2.12. The zero-order chi connectivity index (χ0) is 12.0. The molecule has 3 nitrogen and oxygen atoms in total. The standard InChI is InChI=1S/C13H20N2O/c1-3-10(2)15-13(16)9-12(14)11-7-5-4-6-8-11/h4-8,10,12H,3,9,14H2,1-2H3,(H,15,16)/t10-,12-/m0/s1.